The summed E-state index contributed by atoms with van der Waals surface area (Å²) in [5.74, 6) is 0.0806. The Hall–Kier alpha value is -1.10. The van der Waals surface area contributed by atoms with E-state index in [9.17, 15) is 4.39 Å². The average molecular weight is 272 g/mol. The molecule has 0 aliphatic rings. The molecule has 0 saturated carbocycles. The molecule has 0 bridgehead atoms. The molecule has 0 aliphatic heterocycles. The molecule has 1 aromatic carbocycles. The van der Waals surface area contributed by atoms with Crippen LogP contribution in [0.15, 0.2) is 29.6 Å². The van der Waals surface area contributed by atoms with Gasteiger partial charge in [0, 0.05) is 16.5 Å². The SMILES string of the molecule is COc1ccc(C(N)c2sccc2Cl)c(F)c1. The van der Waals surface area contributed by atoms with E-state index in [0.29, 0.717) is 16.3 Å². The zero-order valence-corrected chi connectivity index (χ0v) is 10.7. The minimum absolute atomic E-state index is 0.388. The normalized spacial score (nSPS) is 12.5. The second kappa shape index (κ2) is 5.04. The van der Waals surface area contributed by atoms with Crippen LogP contribution in [0.5, 0.6) is 5.75 Å². The Morgan fingerprint density at radius 3 is 2.71 bits per heavy atom. The van der Waals surface area contributed by atoms with Gasteiger partial charge in [0.2, 0.25) is 0 Å². The first kappa shape index (κ1) is 12.4. The summed E-state index contributed by atoms with van der Waals surface area (Å²) in [6.07, 6.45) is 0. The quantitative estimate of drug-likeness (QED) is 0.926. The van der Waals surface area contributed by atoms with E-state index in [0.717, 1.165) is 4.88 Å². The molecule has 2 rings (SSSR count). The number of hydrogen-bond donors (Lipinski definition) is 1. The lowest BCUT2D eigenvalue weighted by Gasteiger charge is -2.12. The van der Waals surface area contributed by atoms with E-state index in [1.165, 1.54) is 24.5 Å². The van der Waals surface area contributed by atoms with Crippen LogP contribution in [0.4, 0.5) is 4.39 Å². The molecule has 1 atom stereocenters. The highest BCUT2D eigenvalue weighted by atomic mass is 35.5. The highest BCUT2D eigenvalue weighted by molar-refractivity contribution is 7.10. The predicted octanol–water partition coefficient (Wildman–Crippen LogP) is 3.60. The van der Waals surface area contributed by atoms with Gasteiger partial charge >= 0.3 is 0 Å². The van der Waals surface area contributed by atoms with Crippen LogP contribution in [0.2, 0.25) is 5.02 Å². The van der Waals surface area contributed by atoms with E-state index in [2.05, 4.69) is 0 Å². The summed E-state index contributed by atoms with van der Waals surface area (Å²) in [6, 6.07) is 5.82. The number of ether oxygens (including phenoxy) is 1. The van der Waals surface area contributed by atoms with Crippen molar-refractivity contribution in [1.82, 2.24) is 0 Å². The van der Waals surface area contributed by atoms with E-state index >= 15 is 0 Å². The molecule has 5 heteroatoms. The Morgan fingerprint density at radius 1 is 1.41 bits per heavy atom. The van der Waals surface area contributed by atoms with Crippen LogP contribution in [-0.4, -0.2) is 7.11 Å². The summed E-state index contributed by atoms with van der Waals surface area (Å²) in [5.41, 5.74) is 6.41. The monoisotopic (exact) mass is 271 g/mol. The highest BCUT2D eigenvalue weighted by Gasteiger charge is 2.17. The van der Waals surface area contributed by atoms with E-state index < -0.39 is 6.04 Å². The predicted molar refractivity (Wildman–Crippen MR) is 68.3 cm³/mol. The molecule has 1 unspecified atom stereocenters. The van der Waals surface area contributed by atoms with E-state index in [-0.39, 0.29) is 5.82 Å². The molecular weight excluding hydrogens is 261 g/mol. The van der Waals surface area contributed by atoms with Crippen LogP contribution in [0, 0.1) is 5.82 Å². The molecule has 90 valence electrons. The highest BCUT2D eigenvalue weighted by Crippen LogP contribution is 2.33. The van der Waals surface area contributed by atoms with Crippen LogP contribution in [-0.2, 0) is 0 Å². The van der Waals surface area contributed by atoms with Gasteiger partial charge in [0.25, 0.3) is 0 Å². The lowest BCUT2D eigenvalue weighted by molar-refractivity contribution is 0.410. The maximum Gasteiger partial charge on any atom is 0.132 e. The van der Waals surface area contributed by atoms with Gasteiger partial charge in [-0.1, -0.05) is 17.7 Å². The molecule has 0 aliphatic carbocycles. The second-order valence-electron chi connectivity index (χ2n) is 3.50. The smallest absolute Gasteiger partial charge is 0.132 e. The zero-order valence-electron chi connectivity index (χ0n) is 9.11. The minimum atomic E-state index is -0.548. The van der Waals surface area contributed by atoms with Gasteiger partial charge in [0.15, 0.2) is 0 Å². The summed E-state index contributed by atoms with van der Waals surface area (Å²) in [7, 11) is 1.49. The minimum Gasteiger partial charge on any atom is -0.497 e. The van der Waals surface area contributed by atoms with E-state index in [4.69, 9.17) is 22.1 Å². The molecule has 2 aromatic rings. The van der Waals surface area contributed by atoms with Crippen LogP contribution < -0.4 is 10.5 Å². The van der Waals surface area contributed by atoms with Crippen LogP contribution in [0.3, 0.4) is 0 Å². The summed E-state index contributed by atoms with van der Waals surface area (Å²) >= 11 is 7.40. The number of halogens is 2. The topological polar surface area (TPSA) is 35.2 Å². The largest absolute Gasteiger partial charge is 0.497 e. The van der Waals surface area contributed by atoms with Crippen LogP contribution in [0.1, 0.15) is 16.5 Å². The van der Waals surface area contributed by atoms with Crippen molar-refractivity contribution < 1.29 is 9.13 Å². The fourth-order valence-electron chi connectivity index (χ4n) is 1.56. The Balaban J connectivity index is 2.38. The van der Waals surface area contributed by atoms with E-state index in [1.807, 2.05) is 5.38 Å². The number of rotatable bonds is 3. The lowest BCUT2D eigenvalue weighted by atomic mass is 10.1. The molecule has 2 N–H and O–H groups in total. The Bertz CT molecular complexity index is 529. The zero-order chi connectivity index (χ0) is 12.4. The molecule has 0 fully saturated rings. The number of benzene rings is 1. The van der Waals surface area contributed by atoms with Crippen molar-refractivity contribution in [3.63, 3.8) is 0 Å². The molecule has 0 amide bonds. The van der Waals surface area contributed by atoms with Crippen molar-refractivity contribution in [3.8, 4) is 5.75 Å². The Labute approximate surface area is 108 Å². The second-order valence-corrected chi connectivity index (χ2v) is 4.85. The van der Waals surface area contributed by atoms with Crippen LogP contribution >= 0.6 is 22.9 Å². The van der Waals surface area contributed by atoms with Gasteiger partial charge in [-0.05, 0) is 17.5 Å². The number of methoxy groups -OCH3 is 1. The maximum absolute atomic E-state index is 13.8. The van der Waals surface area contributed by atoms with Crippen molar-refractivity contribution in [3.05, 3.63) is 50.9 Å². The fraction of sp³-hybridized carbons (Fsp3) is 0.167. The van der Waals surface area contributed by atoms with E-state index in [1.54, 1.807) is 18.2 Å². The van der Waals surface area contributed by atoms with Crippen LogP contribution in [0.25, 0.3) is 0 Å². The first-order valence-corrected chi connectivity index (χ1v) is 6.21. The van der Waals surface area contributed by atoms with Gasteiger partial charge < -0.3 is 10.5 Å². The molecule has 2 nitrogen and oxygen atoms in total. The summed E-state index contributed by atoms with van der Waals surface area (Å²) < 4.78 is 18.8. The van der Waals surface area contributed by atoms with Crippen molar-refractivity contribution in [2.45, 2.75) is 6.04 Å². The Kier molecular flexibility index (Phi) is 3.66. The van der Waals surface area contributed by atoms with Gasteiger partial charge in [0.05, 0.1) is 18.2 Å². The summed E-state index contributed by atoms with van der Waals surface area (Å²) in [4.78, 5) is 0.760. The average Bonchev–Trinajstić information content (AvgIpc) is 2.74. The molecule has 0 spiro atoms. The van der Waals surface area contributed by atoms with Gasteiger partial charge in [0.1, 0.15) is 11.6 Å². The summed E-state index contributed by atoms with van der Waals surface area (Å²) in [6.45, 7) is 0. The summed E-state index contributed by atoms with van der Waals surface area (Å²) in [5, 5.41) is 2.40. The first-order chi connectivity index (χ1) is 8.13. The van der Waals surface area contributed by atoms with Crippen molar-refractivity contribution in [2.75, 3.05) is 7.11 Å². The van der Waals surface area contributed by atoms with Gasteiger partial charge in [-0.3, -0.25) is 0 Å². The molecule has 0 radical (unpaired) electrons. The third-order valence-electron chi connectivity index (χ3n) is 2.47. The number of thiophene rings is 1. The Morgan fingerprint density at radius 2 is 2.18 bits per heavy atom. The van der Waals surface area contributed by atoms with Crippen molar-refractivity contribution in [1.29, 1.82) is 0 Å². The third kappa shape index (κ3) is 2.44. The van der Waals surface area contributed by atoms with Gasteiger partial charge in [-0.25, -0.2) is 4.39 Å². The van der Waals surface area contributed by atoms with Crippen molar-refractivity contribution >= 4 is 22.9 Å². The lowest BCUT2D eigenvalue weighted by Crippen LogP contribution is -2.12. The number of hydrogen-bond acceptors (Lipinski definition) is 3. The molecule has 17 heavy (non-hydrogen) atoms. The van der Waals surface area contributed by atoms with Gasteiger partial charge in [-0.2, -0.15) is 0 Å². The van der Waals surface area contributed by atoms with Gasteiger partial charge in [-0.15, -0.1) is 11.3 Å². The first-order valence-electron chi connectivity index (χ1n) is 4.95. The molecule has 1 aromatic heterocycles. The fourth-order valence-corrected chi connectivity index (χ4v) is 2.75. The molecule has 1 heterocycles. The van der Waals surface area contributed by atoms with Crippen molar-refractivity contribution in [2.24, 2.45) is 5.73 Å². The standard InChI is InChI=1S/C12H11ClFNOS/c1-16-7-2-3-8(10(14)6-7)11(15)12-9(13)4-5-17-12/h2-6,11H,15H2,1H3. The number of nitrogens with two attached hydrogens (primary N) is 1. The third-order valence-corrected chi connectivity index (χ3v) is 3.91. The molecular formula is C12H11ClFNOS. The maximum atomic E-state index is 13.8. The molecule has 0 saturated heterocycles.